The summed E-state index contributed by atoms with van der Waals surface area (Å²) in [6.45, 7) is 21.8. The second-order valence-corrected chi connectivity index (χ2v) is 39.4. The fourth-order valence-electron chi connectivity index (χ4n) is 18.5. The molecule has 0 unspecified atom stereocenters. The van der Waals surface area contributed by atoms with Crippen molar-refractivity contribution in [1.29, 1.82) is 0 Å². The van der Waals surface area contributed by atoms with Crippen molar-refractivity contribution in [2.75, 3.05) is 0 Å². The smallest absolute Gasteiger partial charge is 0.164 e. The Kier molecular flexibility index (Phi) is 37.2. The summed E-state index contributed by atoms with van der Waals surface area (Å²) in [6, 6.07) is 128. The zero-order chi connectivity index (χ0) is 99.6. The maximum absolute atomic E-state index is 5.17. The second kappa shape index (κ2) is 52.4. The molecule has 9 nitrogen and oxygen atoms in total. The molecule has 18 aromatic rings. The minimum absolute atomic E-state index is 0.673. The minimum atomic E-state index is 0.673. The van der Waals surface area contributed by atoms with Crippen molar-refractivity contribution in [3.63, 3.8) is 0 Å². The Balaban J connectivity index is 0.000000155. The summed E-state index contributed by atoms with van der Waals surface area (Å²) in [5.41, 5.74) is 36.2. The van der Waals surface area contributed by atoms with Crippen LogP contribution in [0.15, 0.2) is 358 Å². The predicted octanol–water partition coefficient (Wildman–Crippen LogP) is 37.3. The lowest BCUT2D eigenvalue weighted by molar-refractivity contribution is 0.556. The summed E-state index contributed by atoms with van der Waals surface area (Å²) in [5, 5.41) is 0. The van der Waals surface area contributed by atoms with Gasteiger partial charge in [-0.2, -0.15) is 0 Å². The molecule has 0 N–H and O–H groups in total. The van der Waals surface area contributed by atoms with Gasteiger partial charge in [0.15, 0.2) is 52.4 Å². The van der Waals surface area contributed by atoms with Crippen LogP contribution in [-0.2, 0) is 25.7 Å². The van der Waals surface area contributed by atoms with Crippen LogP contribution in [0, 0.1) is 41.5 Å². The molecule has 0 saturated heterocycles. The van der Waals surface area contributed by atoms with E-state index in [1.54, 1.807) is 0 Å². The van der Waals surface area contributed by atoms with Crippen molar-refractivity contribution in [2.45, 2.75) is 236 Å². The third-order valence-electron chi connectivity index (χ3n) is 27.6. The first kappa shape index (κ1) is 102. The molecule has 3 heterocycles. The summed E-state index contributed by atoms with van der Waals surface area (Å²) in [4.78, 5) is 45.4. The van der Waals surface area contributed by atoms with Crippen LogP contribution in [-0.4, -0.2) is 44.9 Å². The Bertz CT molecular complexity index is 6670. The molecule has 0 aliphatic rings. The van der Waals surface area contributed by atoms with E-state index in [2.05, 4.69) is 427 Å². The molecular formula is C135H141N9. The third kappa shape index (κ3) is 29.3. The van der Waals surface area contributed by atoms with Crippen molar-refractivity contribution in [3.8, 4) is 169 Å². The molecule has 0 atom stereocenters. The van der Waals surface area contributed by atoms with Crippen molar-refractivity contribution in [3.05, 3.63) is 414 Å². The molecule has 0 bridgehead atoms. The molecule has 9 heteroatoms. The number of aromatic nitrogens is 9. The van der Waals surface area contributed by atoms with E-state index in [9.17, 15) is 0 Å². The van der Waals surface area contributed by atoms with Gasteiger partial charge in [0.2, 0.25) is 0 Å². The number of rotatable bonds is 41. The lowest BCUT2D eigenvalue weighted by atomic mass is 9.97. The highest BCUT2D eigenvalue weighted by Crippen LogP contribution is 2.37. The maximum atomic E-state index is 5.17. The van der Waals surface area contributed by atoms with Gasteiger partial charge in [-0.25, -0.2) is 44.9 Å². The number of hydrogen-bond acceptors (Lipinski definition) is 9. The highest BCUT2D eigenvalue weighted by molar-refractivity contribution is 5.78. The fraction of sp³-hybridized carbons (Fsp3) is 0.267. The Labute approximate surface area is 858 Å². The number of hydrogen-bond donors (Lipinski definition) is 0. The molecular weight excluding hydrogens is 1750 g/mol. The van der Waals surface area contributed by atoms with Gasteiger partial charge < -0.3 is 0 Å². The van der Waals surface area contributed by atoms with Gasteiger partial charge in [0.25, 0.3) is 0 Å². The molecule has 0 aliphatic heterocycles. The van der Waals surface area contributed by atoms with Crippen molar-refractivity contribution in [1.82, 2.24) is 44.9 Å². The first-order valence-electron chi connectivity index (χ1n) is 53.2. The SMILES string of the molecule is CCCCCCCCCCCCc1ccc(-c2nc(-c3ccc(-c4ccc(C)cc4)cc3)nc(-c3ccc(-c4ccc(C)cc4)cc3)n2)cc1.CCCCCCc1cc(CCCCCC)cc(-c2nc(-c3ccc(-c4ccc(C)cc4)cc3)nc(-c3ccc(-c4ccc(C)cc4)cc3)n2)c1.CCCCCCc1ccc(-c2nc(-c3ccc(-c4ccc(C)cc4)cc3)nc(-c3ccc(-c4ccc(C)cc4)cc3)n2)cc1. The molecule has 0 spiro atoms. The highest BCUT2D eigenvalue weighted by atomic mass is 15.1. The highest BCUT2D eigenvalue weighted by Gasteiger charge is 2.20. The van der Waals surface area contributed by atoms with Crippen molar-refractivity contribution in [2.24, 2.45) is 0 Å². The zero-order valence-electron chi connectivity index (χ0n) is 86.5. The second-order valence-electron chi connectivity index (χ2n) is 39.4. The van der Waals surface area contributed by atoms with E-state index in [-0.39, 0.29) is 0 Å². The van der Waals surface area contributed by atoms with E-state index in [0.717, 1.165) is 81.6 Å². The van der Waals surface area contributed by atoms with Crippen LogP contribution in [0.25, 0.3) is 169 Å². The van der Waals surface area contributed by atoms with Crippen LogP contribution in [0.3, 0.4) is 0 Å². The quantitative estimate of drug-likeness (QED) is 0.0345. The van der Waals surface area contributed by atoms with E-state index in [1.807, 2.05) is 0 Å². The molecule has 15 aromatic carbocycles. The Morgan fingerprint density at radius 2 is 0.243 bits per heavy atom. The van der Waals surface area contributed by atoms with Crippen LogP contribution in [0.1, 0.15) is 225 Å². The maximum Gasteiger partial charge on any atom is 0.164 e. The topological polar surface area (TPSA) is 116 Å². The number of nitrogens with zero attached hydrogens (tertiary/aromatic N) is 9. The number of unbranched alkanes of at least 4 members (excludes halogenated alkanes) is 18. The fourth-order valence-corrected chi connectivity index (χ4v) is 18.5. The van der Waals surface area contributed by atoms with Crippen LogP contribution >= 0.6 is 0 Å². The Morgan fingerprint density at radius 1 is 0.118 bits per heavy atom. The van der Waals surface area contributed by atoms with Crippen LogP contribution in [0.5, 0.6) is 0 Å². The van der Waals surface area contributed by atoms with Crippen molar-refractivity contribution < 1.29 is 0 Å². The van der Waals surface area contributed by atoms with Gasteiger partial charge in [0.1, 0.15) is 0 Å². The first-order valence-corrected chi connectivity index (χ1v) is 53.2. The van der Waals surface area contributed by atoms with Gasteiger partial charge in [-0.1, -0.05) is 522 Å². The monoisotopic (exact) mass is 1890 g/mol. The normalized spacial score (nSPS) is 11.2. The van der Waals surface area contributed by atoms with E-state index in [0.29, 0.717) is 46.6 Å². The molecule has 0 radical (unpaired) electrons. The van der Waals surface area contributed by atoms with Gasteiger partial charge in [-0.05, 0) is 194 Å². The standard InChI is InChI=1S/2C47H51N3.C41H39N3/c1-5-7-9-11-13-36-31-37(14-12-10-8-6-2)33-44(32-36)47-49-45(42-27-23-40(24-28-42)38-19-15-34(3)16-20-38)48-46(50-47)43-29-25-41(26-30-43)39-21-17-35(4)18-22-39;1-4-5-6-7-8-9-10-11-12-13-14-37-19-25-42(26-20-37)45-48-46(43-31-27-40(28-32-43)38-21-15-35(2)16-22-38)50-47(49-45)44-33-29-41(30-34-44)39-23-17-36(3)18-24-39;1-4-5-6-7-8-31-13-19-36(20-14-31)39-42-40(37-25-21-34(22-26-37)32-15-9-29(2)10-16-32)44-41(43-39)38-27-23-35(24-28-38)33-17-11-30(3)12-18-33/h15-33H,5-14H2,1-4H3;15-34H,4-14H2,1-3H3;9-28H,4-8H2,1-3H3. The summed E-state index contributed by atoms with van der Waals surface area (Å²) in [6.07, 6.45) is 33.1. The summed E-state index contributed by atoms with van der Waals surface area (Å²) in [7, 11) is 0. The van der Waals surface area contributed by atoms with Gasteiger partial charge in [0.05, 0.1) is 0 Å². The van der Waals surface area contributed by atoms with Crippen molar-refractivity contribution >= 4 is 0 Å². The molecule has 3 aromatic heterocycles. The van der Waals surface area contributed by atoms with Gasteiger partial charge in [0, 0.05) is 50.1 Å². The van der Waals surface area contributed by atoms with E-state index >= 15 is 0 Å². The van der Waals surface area contributed by atoms with Gasteiger partial charge in [-0.15, -0.1) is 0 Å². The van der Waals surface area contributed by atoms with Crippen LogP contribution in [0.2, 0.25) is 0 Å². The molecule has 144 heavy (non-hydrogen) atoms. The van der Waals surface area contributed by atoms with Gasteiger partial charge in [-0.3, -0.25) is 0 Å². The first-order chi connectivity index (χ1) is 70.6. The molecule has 726 valence electrons. The summed E-state index contributed by atoms with van der Waals surface area (Å²) < 4.78 is 0. The molecule has 0 amide bonds. The molecule has 18 rings (SSSR count). The minimum Gasteiger partial charge on any atom is -0.208 e. The van der Waals surface area contributed by atoms with E-state index in [4.69, 9.17) is 44.9 Å². The van der Waals surface area contributed by atoms with Crippen LogP contribution < -0.4 is 0 Å². The third-order valence-corrected chi connectivity index (χ3v) is 27.6. The largest absolute Gasteiger partial charge is 0.208 e. The lowest BCUT2D eigenvalue weighted by Crippen LogP contribution is -2.01. The zero-order valence-corrected chi connectivity index (χ0v) is 86.5. The average molecular weight is 1890 g/mol. The molecule has 0 aliphatic carbocycles. The van der Waals surface area contributed by atoms with Crippen LogP contribution in [0.4, 0.5) is 0 Å². The number of aryl methyl sites for hydroxylation is 10. The molecule has 0 saturated carbocycles. The summed E-state index contributed by atoms with van der Waals surface area (Å²) in [5.74, 6) is 6.21. The molecule has 0 fully saturated rings. The van der Waals surface area contributed by atoms with E-state index < -0.39 is 0 Å². The average Bonchev–Trinajstić information content (AvgIpc) is 0.793. The predicted molar refractivity (Wildman–Crippen MR) is 609 cm³/mol. The van der Waals surface area contributed by atoms with E-state index in [1.165, 1.54) is 264 Å². The lowest BCUT2D eigenvalue weighted by Gasteiger charge is -2.13. The number of benzene rings is 15. The Hall–Kier alpha value is -14.7. The summed E-state index contributed by atoms with van der Waals surface area (Å²) >= 11 is 0. The Morgan fingerprint density at radius 3 is 0.417 bits per heavy atom. The van der Waals surface area contributed by atoms with Gasteiger partial charge >= 0.3 is 0 Å².